The largest absolute Gasteiger partial charge is 0.348 e. The molecule has 4 aromatic rings. The lowest BCUT2D eigenvalue weighted by Gasteiger charge is -2.21. The second-order valence-corrected chi connectivity index (χ2v) is 9.20. The van der Waals surface area contributed by atoms with E-state index in [-0.39, 0.29) is 24.1 Å². The second-order valence-electron chi connectivity index (χ2n) is 8.13. The van der Waals surface area contributed by atoms with Crippen LogP contribution in [0.2, 0.25) is 0 Å². The van der Waals surface area contributed by atoms with Crippen molar-refractivity contribution < 1.29 is 18.6 Å². The first-order valence-corrected chi connectivity index (χ1v) is 11.7. The van der Waals surface area contributed by atoms with Crippen LogP contribution in [0.15, 0.2) is 72.3 Å². The summed E-state index contributed by atoms with van der Waals surface area (Å²) in [6.45, 7) is 2.04. The highest BCUT2D eigenvalue weighted by Gasteiger charge is 2.53. The molecule has 0 aliphatic carbocycles. The van der Waals surface area contributed by atoms with Crippen LogP contribution in [-0.2, 0) is 14.2 Å². The van der Waals surface area contributed by atoms with Gasteiger partial charge in [-0.15, -0.1) is 11.8 Å². The van der Waals surface area contributed by atoms with Crippen LogP contribution in [0.5, 0.6) is 0 Å². The average Bonchev–Trinajstić information content (AvgIpc) is 3.53. The first-order chi connectivity index (χ1) is 16.2. The molecule has 0 saturated carbocycles. The van der Waals surface area contributed by atoms with Gasteiger partial charge in [-0.05, 0) is 19.1 Å². The molecule has 0 bridgehead atoms. The third-order valence-corrected chi connectivity index (χ3v) is 7.09. The average molecular weight is 465 g/mol. The molecule has 5 atom stereocenters. The summed E-state index contributed by atoms with van der Waals surface area (Å²) < 4.78 is 35.2. The lowest BCUT2D eigenvalue weighted by atomic mass is 10.1. The fraction of sp³-hybridized carbons (Fsp3) is 0.292. The zero-order valence-corrected chi connectivity index (χ0v) is 18.6. The molecule has 0 spiro atoms. The Bertz CT molecular complexity index is 1280. The van der Waals surface area contributed by atoms with E-state index in [4.69, 9.17) is 14.2 Å². The lowest BCUT2D eigenvalue weighted by Crippen LogP contribution is -2.30. The van der Waals surface area contributed by atoms with Crippen molar-refractivity contribution >= 4 is 22.9 Å². The molecule has 2 aromatic carbocycles. The maximum atomic E-state index is 14.2. The van der Waals surface area contributed by atoms with Crippen molar-refractivity contribution in [2.45, 2.75) is 42.6 Å². The van der Waals surface area contributed by atoms with Crippen molar-refractivity contribution in [3.05, 3.63) is 84.3 Å². The lowest BCUT2D eigenvalue weighted by molar-refractivity contribution is -0.143. The Labute approximate surface area is 193 Å². The van der Waals surface area contributed by atoms with Gasteiger partial charge < -0.3 is 14.2 Å². The molecular weight excluding hydrogens is 443 g/mol. The minimum Gasteiger partial charge on any atom is -0.348 e. The molecule has 6 rings (SSSR count). The molecule has 9 heteroatoms. The Morgan fingerprint density at radius 2 is 1.82 bits per heavy atom. The van der Waals surface area contributed by atoms with E-state index in [0.29, 0.717) is 21.8 Å². The number of halogens is 1. The Hall–Kier alpha value is -2.85. The van der Waals surface area contributed by atoms with Crippen LogP contribution in [-0.4, -0.2) is 43.6 Å². The number of hydrogen-bond donors (Lipinski definition) is 0. The highest BCUT2D eigenvalue weighted by atomic mass is 32.2. The number of ether oxygens (including phenoxy) is 3. The standard InChI is InChI=1S/C24H21FN4O3S/c1-14-6-8-15(9-7-14)24-31-20-18(11-33-19-5-3-2-4-16(19)25)30-23(21(20)32-24)29-13-28-17-10-26-12-27-22(17)29/h2-10,12-13,18,20-21,23-24H,11H2,1H3/t18?,20-,21-,23?,24?/m1/s1. The molecule has 0 radical (unpaired) electrons. The predicted octanol–water partition coefficient (Wildman–Crippen LogP) is 4.45. The van der Waals surface area contributed by atoms with Crippen LogP contribution in [0.1, 0.15) is 23.6 Å². The maximum Gasteiger partial charge on any atom is 0.185 e. The number of aryl methyl sites for hydroxylation is 1. The van der Waals surface area contributed by atoms with Crippen molar-refractivity contribution in [2.24, 2.45) is 0 Å². The van der Waals surface area contributed by atoms with E-state index in [0.717, 1.165) is 5.56 Å². The van der Waals surface area contributed by atoms with Crippen molar-refractivity contribution in [3.63, 3.8) is 0 Å². The molecule has 3 unspecified atom stereocenters. The molecule has 2 aromatic heterocycles. The molecule has 33 heavy (non-hydrogen) atoms. The van der Waals surface area contributed by atoms with Gasteiger partial charge in [-0.1, -0.05) is 42.0 Å². The number of thioether (sulfide) groups is 1. The first-order valence-electron chi connectivity index (χ1n) is 10.7. The van der Waals surface area contributed by atoms with Crippen LogP contribution < -0.4 is 0 Å². The molecule has 2 fully saturated rings. The number of aromatic nitrogens is 4. The minimum atomic E-state index is -0.502. The number of benzene rings is 2. The van der Waals surface area contributed by atoms with Crippen LogP contribution in [0, 0.1) is 12.7 Å². The van der Waals surface area contributed by atoms with Crippen LogP contribution in [0.25, 0.3) is 11.2 Å². The van der Waals surface area contributed by atoms with Gasteiger partial charge in [-0.3, -0.25) is 4.57 Å². The van der Waals surface area contributed by atoms with Gasteiger partial charge in [0, 0.05) is 16.2 Å². The summed E-state index contributed by atoms with van der Waals surface area (Å²) >= 11 is 1.41. The summed E-state index contributed by atoms with van der Waals surface area (Å²) in [6, 6.07) is 14.8. The molecule has 168 valence electrons. The molecule has 0 amide bonds. The second kappa shape index (κ2) is 8.49. The first kappa shape index (κ1) is 20.7. The van der Waals surface area contributed by atoms with E-state index in [1.807, 2.05) is 41.8 Å². The zero-order valence-electron chi connectivity index (χ0n) is 17.7. The number of fused-ring (bicyclic) bond motifs is 2. The molecule has 2 aliphatic rings. The van der Waals surface area contributed by atoms with E-state index in [2.05, 4.69) is 15.0 Å². The van der Waals surface area contributed by atoms with E-state index in [1.54, 1.807) is 24.7 Å². The van der Waals surface area contributed by atoms with E-state index >= 15 is 0 Å². The fourth-order valence-electron chi connectivity index (χ4n) is 4.28. The van der Waals surface area contributed by atoms with E-state index < -0.39 is 12.5 Å². The van der Waals surface area contributed by atoms with E-state index in [9.17, 15) is 4.39 Å². The summed E-state index contributed by atoms with van der Waals surface area (Å²) in [7, 11) is 0. The topological polar surface area (TPSA) is 71.3 Å². The van der Waals surface area contributed by atoms with Gasteiger partial charge in [0.25, 0.3) is 0 Å². The van der Waals surface area contributed by atoms with Gasteiger partial charge in [0.2, 0.25) is 0 Å². The maximum absolute atomic E-state index is 14.2. The molecule has 4 heterocycles. The van der Waals surface area contributed by atoms with Crippen molar-refractivity contribution in [2.75, 3.05) is 5.75 Å². The third kappa shape index (κ3) is 3.80. The SMILES string of the molecule is Cc1ccc(C2O[C@@H]3C(CSc4ccccc4F)OC(n4cnc5cncnc54)[C@@H]3O2)cc1. The molecule has 2 aliphatic heterocycles. The molecule has 2 saturated heterocycles. The third-order valence-electron chi connectivity index (χ3n) is 5.95. The Morgan fingerprint density at radius 3 is 2.67 bits per heavy atom. The van der Waals surface area contributed by atoms with Crippen molar-refractivity contribution in [3.8, 4) is 0 Å². The van der Waals surface area contributed by atoms with Crippen LogP contribution in [0.4, 0.5) is 4.39 Å². The van der Waals surface area contributed by atoms with Gasteiger partial charge in [-0.2, -0.15) is 0 Å². The van der Waals surface area contributed by atoms with Gasteiger partial charge in [0.1, 0.15) is 29.9 Å². The Morgan fingerprint density at radius 1 is 1.00 bits per heavy atom. The fourth-order valence-corrected chi connectivity index (χ4v) is 5.27. The molecular formula is C24H21FN4O3S. The van der Waals surface area contributed by atoms with Gasteiger partial charge in [0.05, 0.1) is 18.6 Å². The van der Waals surface area contributed by atoms with Gasteiger partial charge in [0.15, 0.2) is 18.2 Å². The zero-order chi connectivity index (χ0) is 22.4. The summed E-state index contributed by atoms with van der Waals surface area (Å²) in [5.74, 6) is 0.275. The van der Waals surface area contributed by atoms with Crippen molar-refractivity contribution in [1.29, 1.82) is 0 Å². The Balaban J connectivity index is 1.30. The quantitative estimate of drug-likeness (QED) is 0.404. The summed E-state index contributed by atoms with van der Waals surface area (Å²) in [6.07, 6.45) is 2.87. The molecule has 7 nitrogen and oxygen atoms in total. The Kier molecular flexibility index (Phi) is 5.34. The highest BCUT2D eigenvalue weighted by Crippen LogP contribution is 2.45. The van der Waals surface area contributed by atoms with E-state index in [1.165, 1.54) is 29.7 Å². The normalized spacial score (nSPS) is 26.7. The summed E-state index contributed by atoms with van der Waals surface area (Å²) in [5, 5.41) is 0. The minimum absolute atomic E-state index is 0.243. The number of rotatable bonds is 5. The summed E-state index contributed by atoms with van der Waals surface area (Å²) in [5.41, 5.74) is 3.46. The molecule has 0 N–H and O–H groups in total. The predicted molar refractivity (Wildman–Crippen MR) is 120 cm³/mol. The summed E-state index contributed by atoms with van der Waals surface area (Å²) in [4.78, 5) is 13.4. The number of imidazole rings is 1. The smallest absolute Gasteiger partial charge is 0.185 e. The van der Waals surface area contributed by atoms with Crippen LogP contribution >= 0.6 is 11.8 Å². The van der Waals surface area contributed by atoms with Gasteiger partial charge >= 0.3 is 0 Å². The highest BCUT2D eigenvalue weighted by molar-refractivity contribution is 7.99. The number of hydrogen-bond acceptors (Lipinski definition) is 7. The van der Waals surface area contributed by atoms with Crippen LogP contribution in [0.3, 0.4) is 0 Å². The number of nitrogens with zero attached hydrogens (tertiary/aromatic N) is 4. The van der Waals surface area contributed by atoms with Gasteiger partial charge in [-0.25, -0.2) is 19.3 Å². The monoisotopic (exact) mass is 464 g/mol. The van der Waals surface area contributed by atoms with Crippen molar-refractivity contribution in [1.82, 2.24) is 19.5 Å².